The van der Waals surface area contributed by atoms with Gasteiger partial charge in [-0.2, -0.15) is 0 Å². The van der Waals surface area contributed by atoms with Crippen molar-refractivity contribution in [3.63, 3.8) is 0 Å². The first-order chi connectivity index (χ1) is 9.27. The van der Waals surface area contributed by atoms with Gasteiger partial charge >= 0.3 is 0 Å². The lowest BCUT2D eigenvalue weighted by molar-refractivity contribution is -0.121. The molecule has 0 saturated carbocycles. The minimum Gasteiger partial charge on any atom is -0.375 e. The molecule has 0 aromatic rings. The Balaban J connectivity index is 3.82. The second-order valence-corrected chi connectivity index (χ2v) is 6.54. The van der Waals surface area contributed by atoms with Crippen LogP contribution < -0.4 is 11.1 Å². The monoisotopic (exact) mass is 284 g/mol. The number of nitrogens with one attached hydrogen (secondary N) is 1. The average Bonchev–Trinajstić information content (AvgIpc) is 2.32. The van der Waals surface area contributed by atoms with Crippen LogP contribution in [0.25, 0.3) is 0 Å². The highest BCUT2D eigenvalue weighted by atomic mass is 16.5. The molecule has 1 atom stereocenters. The van der Waals surface area contributed by atoms with Crippen LogP contribution in [0, 0.1) is 11.3 Å². The fraction of sp³-hybridized carbons (Fsp3) is 0.812. The SMILES string of the molecule is C=C(C)COCCNC(=O)CCC(CCN)C(C)(C)C. The van der Waals surface area contributed by atoms with E-state index >= 15 is 0 Å². The first-order valence-electron chi connectivity index (χ1n) is 7.46. The molecule has 4 nitrogen and oxygen atoms in total. The van der Waals surface area contributed by atoms with E-state index in [9.17, 15) is 4.79 Å². The largest absolute Gasteiger partial charge is 0.375 e. The Bertz CT molecular complexity index is 295. The van der Waals surface area contributed by atoms with E-state index in [0.717, 1.165) is 18.4 Å². The number of carbonyl (C=O) groups excluding carboxylic acids is 1. The fourth-order valence-corrected chi connectivity index (χ4v) is 2.11. The number of amides is 1. The zero-order chi connectivity index (χ0) is 15.6. The summed E-state index contributed by atoms with van der Waals surface area (Å²) in [7, 11) is 0. The van der Waals surface area contributed by atoms with Crippen LogP contribution >= 0.6 is 0 Å². The molecule has 0 rings (SSSR count). The normalized spacial score (nSPS) is 13.1. The van der Waals surface area contributed by atoms with Gasteiger partial charge in [-0.05, 0) is 37.6 Å². The zero-order valence-corrected chi connectivity index (χ0v) is 13.6. The predicted octanol–water partition coefficient (Wildman–Crippen LogP) is 2.49. The van der Waals surface area contributed by atoms with Crippen LogP contribution in [0.3, 0.4) is 0 Å². The van der Waals surface area contributed by atoms with Crippen LogP contribution in [0.5, 0.6) is 0 Å². The van der Waals surface area contributed by atoms with Crippen LogP contribution in [-0.2, 0) is 9.53 Å². The predicted molar refractivity (Wildman–Crippen MR) is 84.5 cm³/mol. The number of hydrogen-bond acceptors (Lipinski definition) is 3. The third-order valence-electron chi connectivity index (χ3n) is 3.38. The van der Waals surface area contributed by atoms with Crippen molar-refractivity contribution in [3.8, 4) is 0 Å². The molecule has 4 heteroatoms. The maximum Gasteiger partial charge on any atom is 0.220 e. The molecule has 0 aliphatic carbocycles. The fourth-order valence-electron chi connectivity index (χ4n) is 2.11. The van der Waals surface area contributed by atoms with E-state index in [0.29, 0.717) is 38.6 Å². The van der Waals surface area contributed by atoms with Crippen molar-refractivity contribution in [2.75, 3.05) is 26.3 Å². The van der Waals surface area contributed by atoms with Gasteiger partial charge in [-0.15, -0.1) is 0 Å². The molecule has 0 saturated heterocycles. The smallest absolute Gasteiger partial charge is 0.220 e. The minimum absolute atomic E-state index is 0.0928. The lowest BCUT2D eigenvalue weighted by Gasteiger charge is -2.30. The van der Waals surface area contributed by atoms with Crippen molar-refractivity contribution in [2.45, 2.75) is 47.0 Å². The van der Waals surface area contributed by atoms with Crippen LogP contribution in [0.4, 0.5) is 0 Å². The average molecular weight is 284 g/mol. The van der Waals surface area contributed by atoms with Crippen LogP contribution in [0.15, 0.2) is 12.2 Å². The van der Waals surface area contributed by atoms with Gasteiger partial charge in [0, 0.05) is 13.0 Å². The van der Waals surface area contributed by atoms with Crippen molar-refractivity contribution >= 4 is 5.91 Å². The second-order valence-electron chi connectivity index (χ2n) is 6.54. The molecule has 20 heavy (non-hydrogen) atoms. The Kier molecular flexibility index (Phi) is 9.51. The minimum atomic E-state index is 0.0928. The number of carbonyl (C=O) groups is 1. The summed E-state index contributed by atoms with van der Waals surface area (Å²) in [6.45, 7) is 14.6. The lowest BCUT2D eigenvalue weighted by atomic mass is 9.76. The second kappa shape index (κ2) is 9.94. The summed E-state index contributed by atoms with van der Waals surface area (Å²) in [5.74, 6) is 0.577. The van der Waals surface area contributed by atoms with E-state index in [1.807, 2.05) is 6.92 Å². The molecule has 118 valence electrons. The quantitative estimate of drug-likeness (QED) is 0.478. The molecule has 0 bridgehead atoms. The van der Waals surface area contributed by atoms with Gasteiger partial charge in [-0.3, -0.25) is 4.79 Å². The number of hydrogen-bond donors (Lipinski definition) is 2. The van der Waals surface area contributed by atoms with Crippen molar-refractivity contribution in [1.29, 1.82) is 0 Å². The van der Waals surface area contributed by atoms with Crippen LogP contribution in [-0.4, -0.2) is 32.2 Å². The van der Waals surface area contributed by atoms with Gasteiger partial charge in [0.1, 0.15) is 0 Å². The summed E-state index contributed by atoms with van der Waals surface area (Å²) < 4.78 is 5.33. The van der Waals surface area contributed by atoms with Crippen molar-refractivity contribution in [2.24, 2.45) is 17.1 Å². The Morgan fingerprint density at radius 3 is 2.50 bits per heavy atom. The molecule has 0 aromatic heterocycles. The Morgan fingerprint density at radius 1 is 1.35 bits per heavy atom. The van der Waals surface area contributed by atoms with Crippen molar-refractivity contribution in [3.05, 3.63) is 12.2 Å². The molecule has 0 fully saturated rings. The summed E-state index contributed by atoms with van der Waals surface area (Å²) in [6.07, 6.45) is 2.42. The van der Waals surface area contributed by atoms with Gasteiger partial charge < -0.3 is 15.8 Å². The topological polar surface area (TPSA) is 64.3 Å². The third kappa shape index (κ3) is 9.98. The summed E-state index contributed by atoms with van der Waals surface area (Å²) in [4.78, 5) is 11.8. The molecule has 0 aromatic carbocycles. The molecule has 0 spiro atoms. The number of nitrogens with two attached hydrogens (primary N) is 1. The molecule has 1 unspecified atom stereocenters. The summed E-state index contributed by atoms with van der Waals surface area (Å²) >= 11 is 0. The van der Waals surface area contributed by atoms with E-state index in [-0.39, 0.29) is 11.3 Å². The number of rotatable bonds is 10. The summed E-state index contributed by atoms with van der Waals surface area (Å²) in [6, 6.07) is 0. The van der Waals surface area contributed by atoms with Gasteiger partial charge in [0.2, 0.25) is 5.91 Å². The molecule has 1 amide bonds. The van der Waals surface area contributed by atoms with Gasteiger partial charge in [-0.25, -0.2) is 0 Å². The number of ether oxygens (including phenoxy) is 1. The highest BCUT2D eigenvalue weighted by molar-refractivity contribution is 5.75. The van der Waals surface area contributed by atoms with Gasteiger partial charge in [0.15, 0.2) is 0 Å². The molecule has 0 radical (unpaired) electrons. The molecule has 3 N–H and O–H groups in total. The van der Waals surface area contributed by atoms with Gasteiger partial charge in [-0.1, -0.05) is 32.9 Å². The Morgan fingerprint density at radius 2 is 2.00 bits per heavy atom. The van der Waals surface area contributed by atoms with Crippen molar-refractivity contribution < 1.29 is 9.53 Å². The maximum absolute atomic E-state index is 11.8. The van der Waals surface area contributed by atoms with Gasteiger partial charge in [0.05, 0.1) is 13.2 Å². The van der Waals surface area contributed by atoms with Gasteiger partial charge in [0.25, 0.3) is 0 Å². The highest BCUT2D eigenvalue weighted by Crippen LogP contribution is 2.31. The van der Waals surface area contributed by atoms with Crippen molar-refractivity contribution in [1.82, 2.24) is 5.32 Å². The molecular weight excluding hydrogens is 252 g/mol. The summed E-state index contributed by atoms with van der Waals surface area (Å²) in [5, 5.41) is 2.88. The molecular formula is C16H32N2O2. The zero-order valence-electron chi connectivity index (χ0n) is 13.6. The maximum atomic E-state index is 11.8. The third-order valence-corrected chi connectivity index (χ3v) is 3.38. The summed E-state index contributed by atoms with van der Waals surface area (Å²) in [5.41, 5.74) is 6.84. The Hall–Kier alpha value is -0.870. The van der Waals surface area contributed by atoms with E-state index in [1.165, 1.54) is 0 Å². The molecule has 0 aliphatic heterocycles. The van der Waals surface area contributed by atoms with E-state index in [4.69, 9.17) is 10.5 Å². The van der Waals surface area contributed by atoms with E-state index in [2.05, 4.69) is 32.7 Å². The standard InChI is InChI=1S/C16H32N2O2/c1-13(2)12-20-11-10-18-15(19)7-6-14(8-9-17)16(3,4)5/h14H,1,6-12,17H2,2-5H3,(H,18,19). The first kappa shape index (κ1) is 19.1. The molecule has 0 heterocycles. The van der Waals surface area contributed by atoms with Crippen LogP contribution in [0.1, 0.15) is 47.0 Å². The first-order valence-corrected chi connectivity index (χ1v) is 7.46. The Labute approximate surface area is 124 Å². The van der Waals surface area contributed by atoms with Crippen LogP contribution in [0.2, 0.25) is 0 Å². The lowest BCUT2D eigenvalue weighted by Crippen LogP contribution is -2.29. The highest BCUT2D eigenvalue weighted by Gasteiger charge is 2.24. The van der Waals surface area contributed by atoms with E-state index in [1.54, 1.807) is 0 Å². The van der Waals surface area contributed by atoms with E-state index < -0.39 is 0 Å². The molecule has 0 aliphatic rings.